The molecule has 2 aliphatic rings. The molecule has 0 N–H and O–H groups in total. The maximum atomic E-state index is 13.6. The summed E-state index contributed by atoms with van der Waals surface area (Å²) in [7, 11) is 0.0573. The Kier molecular flexibility index (Phi) is 4.47. The molecule has 1 aliphatic heterocycles. The van der Waals surface area contributed by atoms with E-state index in [1.165, 1.54) is 14.0 Å². The van der Waals surface area contributed by atoms with Gasteiger partial charge in [0.05, 0.1) is 18.3 Å². The average molecular weight is 346 g/mol. The second-order valence-corrected chi connectivity index (χ2v) is 7.44. The number of ether oxygens (including phenoxy) is 1. The second-order valence-electron chi connectivity index (χ2n) is 7.44. The van der Waals surface area contributed by atoms with Crippen LogP contribution in [-0.2, 0) is 18.8 Å². The van der Waals surface area contributed by atoms with E-state index < -0.39 is 41.4 Å². The quantitative estimate of drug-likeness (QED) is 0.563. The van der Waals surface area contributed by atoms with Crippen LogP contribution in [0.25, 0.3) is 0 Å². The third-order valence-corrected chi connectivity index (χ3v) is 5.15. The van der Waals surface area contributed by atoms with Crippen molar-refractivity contribution >= 4 is 13.1 Å². The van der Waals surface area contributed by atoms with Crippen molar-refractivity contribution in [2.45, 2.75) is 63.7 Å². The van der Waals surface area contributed by atoms with Crippen molar-refractivity contribution in [1.82, 2.24) is 0 Å². The smallest absolute Gasteiger partial charge is 0.466 e. The van der Waals surface area contributed by atoms with Crippen LogP contribution in [0.2, 0.25) is 5.31 Å². The second kappa shape index (κ2) is 5.63. The van der Waals surface area contributed by atoms with Crippen molar-refractivity contribution in [3.8, 4) is 0 Å². The van der Waals surface area contributed by atoms with Crippen molar-refractivity contribution in [1.29, 1.82) is 0 Å². The molecule has 4 nitrogen and oxygen atoms in total. The zero-order chi connectivity index (χ0) is 18.6. The summed E-state index contributed by atoms with van der Waals surface area (Å²) in [5.41, 5.74) is -2.17. The molecule has 0 aromatic rings. The highest BCUT2D eigenvalue weighted by Crippen LogP contribution is 2.57. The molecule has 1 heterocycles. The van der Waals surface area contributed by atoms with E-state index in [2.05, 4.69) is 4.74 Å². The molecule has 0 aromatic carbocycles. The summed E-state index contributed by atoms with van der Waals surface area (Å²) < 4.78 is 57.0. The van der Waals surface area contributed by atoms with Gasteiger partial charge in [0, 0.05) is 16.5 Å². The Bertz CT molecular complexity index is 591. The highest BCUT2D eigenvalue weighted by atomic mass is 19.4. The fraction of sp³-hybridized carbons (Fsp3) is 0.688. The van der Waals surface area contributed by atoms with Gasteiger partial charge in [0.15, 0.2) is 0 Å². The largest absolute Gasteiger partial charge is 0.469 e. The standard InChI is InChI=1S/C16H22BF3O4/c1-13(2)14(3,4)24-17(23-13)15(5)9-10(12(21)22-6)7-8-11(15)16(18,19)20/h7-8H,9H2,1-6H3. The summed E-state index contributed by atoms with van der Waals surface area (Å²) in [6.45, 7) is 8.49. The molecule has 1 saturated heterocycles. The van der Waals surface area contributed by atoms with Crippen LogP contribution in [-0.4, -0.2) is 37.6 Å². The van der Waals surface area contributed by atoms with Gasteiger partial charge in [0.1, 0.15) is 0 Å². The van der Waals surface area contributed by atoms with Gasteiger partial charge in [-0.25, -0.2) is 4.79 Å². The molecule has 8 heteroatoms. The van der Waals surface area contributed by atoms with Gasteiger partial charge in [-0.2, -0.15) is 13.2 Å². The van der Waals surface area contributed by atoms with E-state index in [0.717, 1.165) is 12.2 Å². The van der Waals surface area contributed by atoms with Crippen LogP contribution in [0, 0.1) is 0 Å². The topological polar surface area (TPSA) is 44.8 Å². The lowest BCUT2D eigenvalue weighted by Crippen LogP contribution is -2.41. The van der Waals surface area contributed by atoms with E-state index in [1.54, 1.807) is 27.7 Å². The Morgan fingerprint density at radius 1 is 1.12 bits per heavy atom. The zero-order valence-electron chi connectivity index (χ0n) is 14.7. The van der Waals surface area contributed by atoms with Crippen LogP contribution < -0.4 is 0 Å². The lowest BCUT2D eigenvalue weighted by atomic mass is 9.50. The van der Waals surface area contributed by atoms with E-state index in [1.807, 2.05) is 0 Å². The maximum Gasteiger partial charge on any atom is 0.469 e. The molecule has 1 aliphatic carbocycles. The highest BCUT2D eigenvalue weighted by molar-refractivity contribution is 6.51. The number of methoxy groups -OCH3 is 1. The van der Waals surface area contributed by atoms with Crippen molar-refractivity contribution in [2.24, 2.45) is 0 Å². The third kappa shape index (κ3) is 3.01. The zero-order valence-corrected chi connectivity index (χ0v) is 14.7. The normalized spacial score (nSPS) is 29.1. The summed E-state index contributed by atoms with van der Waals surface area (Å²) in [5.74, 6) is -0.657. The fourth-order valence-corrected chi connectivity index (χ4v) is 2.93. The lowest BCUT2D eigenvalue weighted by molar-refractivity contribution is -0.136. The first-order valence-corrected chi connectivity index (χ1v) is 7.67. The minimum absolute atomic E-state index is 0.155. The Labute approximate surface area is 140 Å². The van der Waals surface area contributed by atoms with E-state index in [-0.39, 0.29) is 12.0 Å². The predicted octanol–water partition coefficient (Wildman–Crippen LogP) is 3.83. The molecule has 0 bridgehead atoms. The number of allylic oxidation sites excluding steroid dienone is 3. The molecular formula is C16H22BF3O4. The number of rotatable bonds is 2. The van der Waals surface area contributed by atoms with E-state index in [4.69, 9.17) is 9.31 Å². The van der Waals surface area contributed by atoms with Gasteiger partial charge in [0.25, 0.3) is 0 Å². The van der Waals surface area contributed by atoms with Crippen LogP contribution in [0.5, 0.6) is 0 Å². The van der Waals surface area contributed by atoms with Crippen LogP contribution >= 0.6 is 0 Å². The summed E-state index contributed by atoms with van der Waals surface area (Å²) in [5, 5.41) is -1.55. The van der Waals surface area contributed by atoms with Gasteiger partial charge in [-0.05, 0) is 34.1 Å². The summed E-state index contributed by atoms with van der Waals surface area (Å²) in [4.78, 5) is 11.8. The number of alkyl halides is 3. The molecule has 0 amide bonds. The fourth-order valence-electron chi connectivity index (χ4n) is 2.93. The summed E-state index contributed by atoms with van der Waals surface area (Å²) >= 11 is 0. The van der Waals surface area contributed by atoms with Gasteiger partial charge >= 0.3 is 19.3 Å². The van der Waals surface area contributed by atoms with Crippen molar-refractivity contribution in [3.63, 3.8) is 0 Å². The maximum absolute atomic E-state index is 13.6. The number of hydrogen-bond acceptors (Lipinski definition) is 4. The molecular weight excluding hydrogens is 324 g/mol. The first kappa shape index (κ1) is 19.1. The van der Waals surface area contributed by atoms with E-state index >= 15 is 0 Å². The Hall–Kier alpha value is -1.28. The Balaban J connectivity index is 2.47. The number of carbonyl (C=O) groups excluding carboxylic acids is 1. The number of halogens is 3. The summed E-state index contributed by atoms with van der Waals surface area (Å²) in [6.07, 6.45) is -2.67. The predicted molar refractivity (Wildman–Crippen MR) is 83.3 cm³/mol. The van der Waals surface area contributed by atoms with Crippen LogP contribution in [0.3, 0.4) is 0 Å². The van der Waals surface area contributed by atoms with Crippen LogP contribution in [0.15, 0.2) is 23.3 Å². The van der Waals surface area contributed by atoms with Crippen LogP contribution in [0.1, 0.15) is 41.0 Å². The van der Waals surface area contributed by atoms with Gasteiger partial charge in [-0.15, -0.1) is 0 Å². The first-order valence-electron chi connectivity index (χ1n) is 7.67. The lowest BCUT2D eigenvalue weighted by Gasteiger charge is -2.37. The van der Waals surface area contributed by atoms with Crippen molar-refractivity contribution in [3.05, 3.63) is 23.3 Å². The molecule has 1 fully saturated rings. The molecule has 0 saturated carbocycles. The minimum Gasteiger partial charge on any atom is -0.466 e. The molecule has 0 spiro atoms. The minimum atomic E-state index is -4.56. The first-order chi connectivity index (χ1) is 10.7. The molecule has 24 heavy (non-hydrogen) atoms. The monoisotopic (exact) mass is 346 g/mol. The number of esters is 1. The molecule has 0 aromatic heterocycles. The number of hydrogen-bond donors (Lipinski definition) is 0. The highest BCUT2D eigenvalue weighted by Gasteiger charge is 2.63. The Morgan fingerprint density at radius 3 is 2.04 bits per heavy atom. The average Bonchev–Trinajstić information content (AvgIpc) is 2.65. The van der Waals surface area contributed by atoms with Gasteiger partial charge in [-0.3, -0.25) is 0 Å². The molecule has 0 radical (unpaired) electrons. The van der Waals surface area contributed by atoms with Crippen molar-refractivity contribution in [2.75, 3.05) is 7.11 Å². The SMILES string of the molecule is COC(=O)C1=CC=C(C(F)(F)F)C(C)(B2OC(C)(C)C(C)(C)O2)C1. The summed E-state index contributed by atoms with van der Waals surface area (Å²) in [6, 6.07) is 0. The van der Waals surface area contributed by atoms with E-state index in [0.29, 0.717) is 0 Å². The Morgan fingerprint density at radius 2 is 1.62 bits per heavy atom. The van der Waals surface area contributed by atoms with E-state index in [9.17, 15) is 18.0 Å². The van der Waals surface area contributed by atoms with Gasteiger partial charge in [-0.1, -0.05) is 19.1 Å². The number of carbonyl (C=O) groups is 1. The third-order valence-electron chi connectivity index (χ3n) is 5.15. The van der Waals surface area contributed by atoms with Crippen molar-refractivity contribution < 1.29 is 32.0 Å². The van der Waals surface area contributed by atoms with Crippen LogP contribution in [0.4, 0.5) is 13.2 Å². The van der Waals surface area contributed by atoms with Gasteiger partial charge < -0.3 is 14.0 Å². The molecule has 2 rings (SSSR count). The molecule has 1 atom stereocenters. The molecule has 1 unspecified atom stereocenters. The van der Waals surface area contributed by atoms with Gasteiger partial charge in [0.2, 0.25) is 0 Å². The molecule has 134 valence electrons.